The quantitative estimate of drug-likeness (QED) is 0.650. The molecule has 0 aliphatic carbocycles. The molecule has 12 heavy (non-hydrogen) atoms. The Hall–Kier alpha value is -0.570. The molecule has 0 aromatic rings. The average Bonchev–Trinajstić information content (AvgIpc) is 2.36. The topological polar surface area (TPSA) is 41.1 Å². The second kappa shape index (κ2) is 4.45. The van der Waals surface area contributed by atoms with E-state index in [2.05, 4.69) is 24.5 Å². The fraction of sp³-hybridized carbons (Fsp3) is 0.889. The van der Waals surface area contributed by atoms with Gasteiger partial charge in [-0.25, -0.2) is 0 Å². The van der Waals surface area contributed by atoms with Gasteiger partial charge >= 0.3 is 0 Å². The van der Waals surface area contributed by atoms with Gasteiger partial charge in [0.1, 0.15) is 0 Å². The molecular weight excluding hydrogens is 152 g/mol. The van der Waals surface area contributed by atoms with Gasteiger partial charge in [-0.05, 0) is 13.3 Å². The van der Waals surface area contributed by atoms with E-state index in [9.17, 15) is 4.79 Å². The van der Waals surface area contributed by atoms with Crippen LogP contribution in [0.1, 0.15) is 33.1 Å². The summed E-state index contributed by atoms with van der Waals surface area (Å²) in [7, 11) is 0. The summed E-state index contributed by atoms with van der Waals surface area (Å²) in [6, 6.07) is 0.895. The number of carbonyl (C=O) groups excluding carboxylic acids is 1. The molecule has 70 valence electrons. The van der Waals surface area contributed by atoms with Crippen LogP contribution in [-0.4, -0.2) is 24.5 Å². The van der Waals surface area contributed by atoms with Crippen molar-refractivity contribution in [2.45, 2.75) is 45.2 Å². The van der Waals surface area contributed by atoms with Gasteiger partial charge in [-0.3, -0.25) is 4.79 Å². The van der Waals surface area contributed by atoms with Crippen LogP contribution in [-0.2, 0) is 4.79 Å². The third-order valence-electron chi connectivity index (χ3n) is 2.22. The fourth-order valence-electron chi connectivity index (χ4n) is 1.64. The Morgan fingerprint density at radius 2 is 2.50 bits per heavy atom. The van der Waals surface area contributed by atoms with E-state index in [4.69, 9.17) is 0 Å². The van der Waals surface area contributed by atoms with E-state index >= 15 is 0 Å². The number of rotatable bonds is 4. The lowest BCUT2D eigenvalue weighted by molar-refractivity contribution is -0.119. The Labute approximate surface area is 73.9 Å². The standard InChI is InChI=1S/C9H18N2O/c1-3-4-7(2)11-8-5-9(12)10-6-8/h7-8,11H,3-6H2,1-2H3,(H,10,12). The van der Waals surface area contributed by atoms with Crippen molar-refractivity contribution in [2.24, 2.45) is 0 Å². The van der Waals surface area contributed by atoms with Crippen molar-refractivity contribution < 1.29 is 4.79 Å². The molecule has 3 heteroatoms. The molecule has 1 fully saturated rings. The molecule has 0 spiro atoms. The number of amides is 1. The number of nitrogens with one attached hydrogen (secondary N) is 2. The van der Waals surface area contributed by atoms with Crippen molar-refractivity contribution in [3.63, 3.8) is 0 Å². The Morgan fingerprint density at radius 3 is 3.00 bits per heavy atom. The number of hydrogen-bond acceptors (Lipinski definition) is 2. The van der Waals surface area contributed by atoms with Crippen molar-refractivity contribution in [3.8, 4) is 0 Å². The van der Waals surface area contributed by atoms with Crippen molar-refractivity contribution >= 4 is 5.91 Å². The summed E-state index contributed by atoms with van der Waals surface area (Å²) in [5, 5.41) is 6.24. The van der Waals surface area contributed by atoms with Gasteiger partial charge in [-0.2, -0.15) is 0 Å². The molecule has 0 bridgehead atoms. The minimum atomic E-state index is 0.177. The summed E-state index contributed by atoms with van der Waals surface area (Å²) < 4.78 is 0. The molecule has 0 aromatic carbocycles. The van der Waals surface area contributed by atoms with Crippen LogP contribution in [0, 0.1) is 0 Å². The van der Waals surface area contributed by atoms with Crippen LogP contribution in [0.15, 0.2) is 0 Å². The molecule has 0 aromatic heterocycles. The molecule has 2 N–H and O–H groups in total. The molecule has 1 amide bonds. The maximum atomic E-state index is 10.8. The molecule has 2 unspecified atom stereocenters. The second-order valence-electron chi connectivity index (χ2n) is 3.56. The van der Waals surface area contributed by atoms with Gasteiger partial charge in [0.15, 0.2) is 0 Å². The maximum absolute atomic E-state index is 10.8. The minimum absolute atomic E-state index is 0.177. The number of hydrogen-bond donors (Lipinski definition) is 2. The summed E-state index contributed by atoms with van der Waals surface area (Å²) in [6.45, 7) is 5.15. The van der Waals surface area contributed by atoms with Crippen molar-refractivity contribution in [2.75, 3.05) is 6.54 Å². The van der Waals surface area contributed by atoms with Crippen LogP contribution in [0.4, 0.5) is 0 Å². The van der Waals surface area contributed by atoms with Crippen LogP contribution >= 0.6 is 0 Å². The van der Waals surface area contributed by atoms with Crippen LogP contribution in [0.3, 0.4) is 0 Å². The first-order chi connectivity index (χ1) is 5.72. The predicted octanol–water partition coefficient (Wildman–Crippen LogP) is 0.653. The van der Waals surface area contributed by atoms with Gasteiger partial charge in [0.05, 0.1) is 0 Å². The van der Waals surface area contributed by atoms with E-state index in [1.54, 1.807) is 0 Å². The van der Waals surface area contributed by atoms with Crippen LogP contribution < -0.4 is 10.6 Å². The summed E-state index contributed by atoms with van der Waals surface area (Å²) in [5.74, 6) is 0.177. The minimum Gasteiger partial charge on any atom is -0.354 e. The highest BCUT2D eigenvalue weighted by molar-refractivity contribution is 5.78. The van der Waals surface area contributed by atoms with Crippen molar-refractivity contribution in [1.29, 1.82) is 0 Å². The van der Waals surface area contributed by atoms with Gasteiger partial charge in [0, 0.05) is 25.0 Å². The van der Waals surface area contributed by atoms with Gasteiger partial charge in [-0.15, -0.1) is 0 Å². The third-order valence-corrected chi connectivity index (χ3v) is 2.22. The normalized spacial score (nSPS) is 25.5. The fourth-order valence-corrected chi connectivity index (χ4v) is 1.64. The second-order valence-corrected chi connectivity index (χ2v) is 3.56. The van der Waals surface area contributed by atoms with Crippen molar-refractivity contribution in [3.05, 3.63) is 0 Å². The first kappa shape index (κ1) is 9.52. The molecule has 1 aliphatic rings. The molecule has 1 saturated heterocycles. The zero-order valence-corrected chi connectivity index (χ0v) is 7.89. The number of carbonyl (C=O) groups is 1. The van der Waals surface area contributed by atoms with Crippen molar-refractivity contribution in [1.82, 2.24) is 10.6 Å². The molecule has 0 saturated carbocycles. The van der Waals surface area contributed by atoms with Gasteiger partial charge in [-0.1, -0.05) is 13.3 Å². The van der Waals surface area contributed by atoms with E-state index in [1.807, 2.05) is 0 Å². The Bertz CT molecular complexity index is 159. The molecule has 1 rings (SSSR count). The molecule has 2 atom stereocenters. The first-order valence-corrected chi connectivity index (χ1v) is 4.75. The lowest BCUT2D eigenvalue weighted by atomic mass is 10.1. The van der Waals surface area contributed by atoms with Crippen LogP contribution in [0.25, 0.3) is 0 Å². The molecular formula is C9H18N2O. The van der Waals surface area contributed by atoms with E-state index < -0.39 is 0 Å². The van der Waals surface area contributed by atoms with E-state index in [0.717, 1.165) is 6.54 Å². The van der Waals surface area contributed by atoms with E-state index in [1.165, 1.54) is 12.8 Å². The lowest BCUT2D eigenvalue weighted by Crippen LogP contribution is -2.37. The Morgan fingerprint density at radius 1 is 1.75 bits per heavy atom. The highest BCUT2D eigenvalue weighted by Gasteiger charge is 2.21. The van der Waals surface area contributed by atoms with E-state index in [-0.39, 0.29) is 5.91 Å². The zero-order valence-electron chi connectivity index (χ0n) is 7.89. The monoisotopic (exact) mass is 170 g/mol. The SMILES string of the molecule is CCCC(C)NC1CNC(=O)C1. The van der Waals surface area contributed by atoms with E-state index in [0.29, 0.717) is 18.5 Å². The first-order valence-electron chi connectivity index (χ1n) is 4.75. The lowest BCUT2D eigenvalue weighted by Gasteiger charge is -2.16. The Kier molecular flexibility index (Phi) is 3.53. The smallest absolute Gasteiger partial charge is 0.221 e. The molecule has 1 heterocycles. The predicted molar refractivity (Wildman–Crippen MR) is 48.9 cm³/mol. The largest absolute Gasteiger partial charge is 0.354 e. The molecule has 3 nitrogen and oxygen atoms in total. The summed E-state index contributed by atoms with van der Waals surface area (Å²) in [6.07, 6.45) is 3.03. The molecule has 1 aliphatic heterocycles. The van der Waals surface area contributed by atoms with Gasteiger partial charge < -0.3 is 10.6 Å². The maximum Gasteiger partial charge on any atom is 0.221 e. The highest BCUT2D eigenvalue weighted by atomic mass is 16.1. The summed E-state index contributed by atoms with van der Waals surface area (Å²) >= 11 is 0. The van der Waals surface area contributed by atoms with Crippen LogP contribution in [0.2, 0.25) is 0 Å². The summed E-state index contributed by atoms with van der Waals surface area (Å²) in [5.41, 5.74) is 0. The van der Waals surface area contributed by atoms with Crippen LogP contribution in [0.5, 0.6) is 0 Å². The third kappa shape index (κ3) is 2.81. The van der Waals surface area contributed by atoms with Gasteiger partial charge in [0.2, 0.25) is 5.91 Å². The molecule has 0 radical (unpaired) electrons. The Balaban J connectivity index is 2.18. The zero-order chi connectivity index (χ0) is 8.97. The average molecular weight is 170 g/mol. The highest BCUT2D eigenvalue weighted by Crippen LogP contribution is 2.03. The summed E-state index contributed by atoms with van der Waals surface area (Å²) in [4.78, 5) is 10.8. The van der Waals surface area contributed by atoms with Gasteiger partial charge in [0.25, 0.3) is 0 Å².